The summed E-state index contributed by atoms with van der Waals surface area (Å²) in [6.45, 7) is 5.60. The molecule has 0 spiro atoms. The summed E-state index contributed by atoms with van der Waals surface area (Å²) in [5.74, 6) is -0.293. The van der Waals surface area contributed by atoms with E-state index in [-0.39, 0.29) is 10.8 Å². The summed E-state index contributed by atoms with van der Waals surface area (Å²) in [6, 6.07) is 9.60. The van der Waals surface area contributed by atoms with Crippen LogP contribution in [0.3, 0.4) is 0 Å². The molecule has 0 aliphatic rings. The third-order valence-electron chi connectivity index (χ3n) is 3.80. The summed E-state index contributed by atoms with van der Waals surface area (Å²) in [6.07, 6.45) is 3.41. The third kappa shape index (κ3) is 5.69. The number of thiazole rings is 1. The molecule has 0 bridgehead atoms. The average molecular weight is 431 g/mol. The van der Waals surface area contributed by atoms with Crippen LogP contribution in [0.25, 0.3) is 11.3 Å². The lowest BCUT2D eigenvalue weighted by molar-refractivity contribution is 0.0950. The van der Waals surface area contributed by atoms with Crippen molar-refractivity contribution in [2.75, 3.05) is 0 Å². The lowest BCUT2D eigenvalue weighted by Crippen LogP contribution is -2.40. The molecule has 0 unspecified atom stereocenters. The smallest absolute Gasteiger partial charge is 0.251 e. The van der Waals surface area contributed by atoms with Gasteiger partial charge in [0.2, 0.25) is 10.0 Å². The number of nitrogens with one attached hydrogen (secondary N) is 2. The molecule has 3 aromatic rings. The predicted molar refractivity (Wildman–Crippen MR) is 113 cm³/mol. The van der Waals surface area contributed by atoms with Gasteiger partial charge in [0.1, 0.15) is 5.01 Å². The molecular formula is C20H22N4O3S2. The second-order valence-corrected chi connectivity index (χ2v) is 10.0. The fourth-order valence-corrected chi connectivity index (χ4v) is 4.71. The second-order valence-electron chi connectivity index (χ2n) is 7.42. The zero-order chi connectivity index (χ0) is 21.1. The minimum atomic E-state index is -3.63. The van der Waals surface area contributed by atoms with Gasteiger partial charge in [0, 0.05) is 34.4 Å². The average Bonchev–Trinajstić information content (AvgIpc) is 3.14. The van der Waals surface area contributed by atoms with Crippen molar-refractivity contribution >= 4 is 27.3 Å². The van der Waals surface area contributed by atoms with Crippen LogP contribution in [-0.4, -0.2) is 29.8 Å². The van der Waals surface area contributed by atoms with E-state index < -0.39 is 15.6 Å². The standard InChI is InChI=1S/C20H22N4O3S2/c1-20(2,3)24-29(26,27)16-6-4-15(5-7-16)19(25)22-12-18-23-17(13-28-18)14-8-10-21-11-9-14/h4-11,13,24H,12H2,1-3H3,(H,22,25). The van der Waals surface area contributed by atoms with Crippen molar-refractivity contribution in [2.24, 2.45) is 0 Å². The maximum Gasteiger partial charge on any atom is 0.251 e. The topological polar surface area (TPSA) is 101 Å². The Morgan fingerprint density at radius 1 is 1.07 bits per heavy atom. The van der Waals surface area contributed by atoms with Gasteiger partial charge < -0.3 is 5.32 Å². The van der Waals surface area contributed by atoms with E-state index in [4.69, 9.17) is 0 Å². The van der Waals surface area contributed by atoms with Crippen LogP contribution in [0.4, 0.5) is 0 Å². The maximum absolute atomic E-state index is 12.4. The van der Waals surface area contributed by atoms with Crippen molar-refractivity contribution < 1.29 is 13.2 Å². The number of hydrogen-bond donors (Lipinski definition) is 2. The Balaban J connectivity index is 1.62. The molecule has 1 amide bonds. The SMILES string of the molecule is CC(C)(C)NS(=O)(=O)c1ccc(C(=O)NCc2nc(-c3ccncc3)cs2)cc1. The van der Waals surface area contributed by atoms with Crippen LogP contribution in [0.2, 0.25) is 0 Å². The number of sulfonamides is 1. The molecule has 0 aliphatic carbocycles. The molecule has 3 rings (SSSR count). The molecule has 0 atom stereocenters. The fraction of sp³-hybridized carbons (Fsp3) is 0.250. The first-order valence-corrected chi connectivity index (χ1v) is 11.3. The van der Waals surface area contributed by atoms with E-state index in [2.05, 4.69) is 20.0 Å². The van der Waals surface area contributed by atoms with Crippen molar-refractivity contribution in [1.29, 1.82) is 0 Å². The van der Waals surface area contributed by atoms with Crippen LogP contribution in [-0.2, 0) is 16.6 Å². The van der Waals surface area contributed by atoms with Gasteiger partial charge in [-0.1, -0.05) is 0 Å². The number of pyridine rings is 1. The molecule has 0 aliphatic heterocycles. The number of aromatic nitrogens is 2. The molecule has 0 saturated carbocycles. The van der Waals surface area contributed by atoms with E-state index in [9.17, 15) is 13.2 Å². The molecule has 0 radical (unpaired) electrons. The van der Waals surface area contributed by atoms with Crippen molar-refractivity contribution in [1.82, 2.24) is 20.0 Å². The van der Waals surface area contributed by atoms with E-state index in [0.717, 1.165) is 16.3 Å². The lowest BCUT2D eigenvalue weighted by atomic mass is 10.1. The van der Waals surface area contributed by atoms with Gasteiger partial charge in [0.15, 0.2) is 0 Å². The number of benzene rings is 1. The number of rotatable bonds is 6. The predicted octanol–water partition coefficient (Wildman–Crippen LogP) is 3.21. The zero-order valence-corrected chi connectivity index (χ0v) is 18.0. The summed E-state index contributed by atoms with van der Waals surface area (Å²) >= 11 is 1.46. The van der Waals surface area contributed by atoms with E-state index in [1.54, 1.807) is 33.2 Å². The minimum absolute atomic E-state index is 0.117. The van der Waals surface area contributed by atoms with Gasteiger partial charge in [-0.15, -0.1) is 11.3 Å². The van der Waals surface area contributed by atoms with Gasteiger partial charge in [-0.25, -0.2) is 18.1 Å². The number of hydrogen-bond acceptors (Lipinski definition) is 6. The Morgan fingerprint density at radius 3 is 2.34 bits per heavy atom. The zero-order valence-electron chi connectivity index (χ0n) is 16.3. The van der Waals surface area contributed by atoms with Crippen LogP contribution >= 0.6 is 11.3 Å². The summed E-state index contributed by atoms with van der Waals surface area (Å²) in [4.78, 5) is 21.0. The fourth-order valence-electron chi connectivity index (χ4n) is 2.55. The van der Waals surface area contributed by atoms with Crippen molar-refractivity contribution in [3.05, 3.63) is 64.7 Å². The molecule has 2 N–H and O–H groups in total. The first kappa shape index (κ1) is 21.1. The molecule has 0 saturated heterocycles. The Kier molecular flexibility index (Phi) is 6.11. The normalized spacial score (nSPS) is 12.0. The first-order chi connectivity index (χ1) is 13.6. The summed E-state index contributed by atoms with van der Waals surface area (Å²) in [5, 5.41) is 5.51. The third-order valence-corrected chi connectivity index (χ3v) is 6.42. The highest BCUT2D eigenvalue weighted by molar-refractivity contribution is 7.89. The van der Waals surface area contributed by atoms with E-state index >= 15 is 0 Å². The number of carbonyl (C=O) groups is 1. The van der Waals surface area contributed by atoms with Gasteiger partial charge in [0.25, 0.3) is 5.91 Å². The van der Waals surface area contributed by atoms with Crippen molar-refractivity contribution in [2.45, 2.75) is 37.8 Å². The van der Waals surface area contributed by atoms with Gasteiger partial charge in [-0.3, -0.25) is 9.78 Å². The summed E-state index contributed by atoms with van der Waals surface area (Å²) in [7, 11) is -3.63. The first-order valence-electron chi connectivity index (χ1n) is 8.91. The van der Waals surface area contributed by atoms with Crippen LogP contribution in [0.1, 0.15) is 36.1 Å². The van der Waals surface area contributed by atoms with E-state index in [1.165, 1.54) is 35.6 Å². The molecule has 29 heavy (non-hydrogen) atoms. The highest BCUT2D eigenvalue weighted by Gasteiger charge is 2.22. The summed E-state index contributed by atoms with van der Waals surface area (Å²) < 4.78 is 27.3. The van der Waals surface area contributed by atoms with E-state index in [0.29, 0.717) is 12.1 Å². The Hall–Kier alpha value is -2.62. The monoisotopic (exact) mass is 430 g/mol. The second kappa shape index (κ2) is 8.40. The van der Waals surface area contributed by atoms with Gasteiger partial charge in [-0.05, 0) is 57.2 Å². The Bertz CT molecular complexity index is 1090. The molecule has 7 nitrogen and oxygen atoms in total. The quantitative estimate of drug-likeness (QED) is 0.625. The van der Waals surface area contributed by atoms with Crippen LogP contribution < -0.4 is 10.0 Å². The largest absolute Gasteiger partial charge is 0.346 e. The highest BCUT2D eigenvalue weighted by Crippen LogP contribution is 2.21. The molecule has 1 aromatic carbocycles. The lowest BCUT2D eigenvalue weighted by Gasteiger charge is -2.20. The van der Waals surface area contributed by atoms with Gasteiger partial charge in [-0.2, -0.15) is 0 Å². The Morgan fingerprint density at radius 2 is 1.72 bits per heavy atom. The molecule has 152 valence electrons. The number of nitrogens with zero attached hydrogens (tertiary/aromatic N) is 2. The van der Waals surface area contributed by atoms with Crippen LogP contribution in [0, 0.1) is 0 Å². The maximum atomic E-state index is 12.4. The summed E-state index contributed by atoms with van der Waals surface area (Å²) in [5.41, 5.74) is 1.60. The van der Waals surface area contributed by atoms with Crippen molar-refractivity contribution in [3.63, 3.8) is 0 Å². The van der Waals surface area contributed by atoms with Gasteiger partial charge >= 0.3 is 0 Å². The molecule has 0 fully saturated rings. The molecule has 2 heterocycles. The number of amides is 1. The van der Waals surface area contributed by atoms with Gasteiger partial charge in [0.05, 0.1) is 17.1 Å². The highest BCUT2D eigenvalue weighted by atomic mass is 32.2. The van der Waals surface area contributed by atoms with Crippen LogP contribution in [0.5, 0.6) is 0 Å². The molecule has 9 heteroatoms. The minimum Gasteiger partial charge on any atom is -0.346 e. The molecule has 2 aromatic heterocycles. The molecular weight excluding hydrogens is 408 g/mol. The van der Waals surface area contributed by atoms with E-state index in [1.807, 2.05) is 17.5 Å². The number of carbonyl (C=O) groups excluding carboxylic acids is 1. The Labute approximate surface area is 174 Å². The van der Waals surface area contributed by atoms with Crippen molar-refractivity contribution in [3.8, 4) is 11.3 Å². The van der Waals surface area contributed by atoms with Crippen LogP contribution in [0.15, 0.2) is 59.1 Å².